The molecule has 0 fully saturated rings. The monoisotopic (exact) mass is 238 g/mol. The van der Waals surface area contributed by atoms with Gasteiger partial charge in [0, 0.05) is 13.1 Å². The van der Waals surface area contributed by atoms with Gasteiger partial charge in [-0.05, 0) is 32.1 Å². The maximum Gasteiger partial charge on any atom is 0.254 e. The summed E-state index contributed by atoms with van der Waals surface area (Å²) in [5.74, 6) is -0.787. The molecule has 0 aliphatic rings. The number of halogens is 1. The van der Waals surface area contributed by atoms with Crippen molar-refractivity contribution in [2.24, 2.45) is 0 Å². The Hall–Kier alpha value is -1.42. The van der Waals surface area contributed by atoms with Crippen molar-refractivity contribution in [3.8, 4) is 0 Å². The number of hydrogen-bond acceptors (Lipinski definition) is 2. The van der Waals surface area contributed by atoms with Crippen LogP contribution in [0.3, 0.4) is 0 Å². The van der Waals surface area contributed by atoms with Crippen molar-refractivity contribution < 1.29 is 9.18 Å². The van der Waals surface area contributed by atoms with Gasteiger partial charge in [-0.2, -0.15) is 0 Å². The van der Waals surface area contributed by atoms with E-state index in [1.807, 2.05) is 14.0 Å². The normalized spacial score (nSPS) is 10.6. The summed E-state index contributed by atoms with van der Waals surface area (Å²) < 4.78 is 13.6. The van der Waals surface area contributed by atoms with Gasteiger partial charge in [-0.3, -0.25) is 4.79 Å². The fourth-order valence-corrected chi connectivity index (χ4v) is 1.44. The van der Waals surface area contributed by atoms with Crippen LogP contribution in [0.1, 0.15) is 22.8 Å². The van der Waals surface area contributed by atoms with Crippen LogP contribution in [0.25, 0.3) is 0 Å². The average molecular weight is 238 g/mol. The van der Waals surface area contributed by atoms with Crippen LogP contribution in [0.5, 0.6) is 0 Å². The molecule has 0 saturated heterocycles. The lowest BCUT2D eigenvalue weighted by atomic mass is 10.1. The first-order valence-electron chi connectivity index (χ1n) is 5.78. The van der Waals surface area contributed by atoms with Gasteiger partial charge in [-0.1, -0.05) is 19.1 Å². The van der Waals surface area contributed by atoms with Crippen LogP contribution < -0.4 is 5.32 Å². The number of aryl methyl sites for hydroxylation is 1. The summed E-state index contributed by atoms with van der Waals surface area (Å²) in [5, 5.41) is 2.71. The van der Waals surface area contributed by atoms with E-state index < -0.39 is 5.82 Å². The third-order valence-electron chi connectivity index (χ3n) is 2.76. The highest BCUT2D eigenvalue weighted by Crippen LogP contribution is 2.11. The number of likely N-dealkylation sites (N-methyl/N-ethyl adjacent to an activating group) is 1. The molecule has 0 heterocycles. The Morgan fingerprint density at radius 3 is 2.82 bits per heavy atom. The molecule has 1 aromatic rings. The van der Waals surface area contributed by atoms with Crippen molar-refractivity contribution in [1.82, 2.24) is 10.2 Å². The highest BCUT2D eigenvalue weighted by molar-refractivity contribution is 5.94. The van der Waals surface area contributed by atoms with Crippen LogP contribution >= 0.6 is 0 Å². The van der Waals surface area contributed by atoms with Crippen molar-refractivity contribution in [3.05, 3.63) is 35.1 Å². The summed E-state index contributed by atoms with van der Waals surface area (Å²) in [6.07, 6.45) is 0. The lowest BCUT2D eigenvalue weighted by Crippen LogP contribution is -2.33. The molecule has 0 bridgehead atoms. The molecule has 0 radical (unpaired) electrons. The van der Waals surface area contributed by atoms with Crippen LogP contribution in [0, 0.1) is 12.7 Å². The van der Waals surface area contributed by atoms with Gasteiger partial charge >= 0.3 is 0 Å². The van der Waals surface area contributed by atoms with Gasteiger partial charge in [0.25, 0.3) is 5.91 Å². The predicted molar refractivity (Wildman–Crippen MR) is 66.6 cm³/mol. The minimum absolute atomic E-state index is 0.115. The van der Waals surface area contributed by atoms with Gasteiger partial charge in [0.2, 0.25) is 0 Å². The molecule has 1 rings (SSSR count). The Balaban J connectivity index is 2.56. The van der Waals surface area contributed by atoms with E-state index in [0.29, 0.717) is 12.1 Å². The zero-order valence-corrected chi connectivity index (χ0v) is 10.6. The van der Waals surface area contributed by atoms with Crippen LogP contribution in [0.4, 0.5) is 4.39 Å². The van der Waals surface area contributed by atoms with Gasteiger partial charge in [0.15, 0.2) is 0 Å². The van der Waals surface area contributed by atoms with Crippen LogP contribution in [-0.2, 0) is 0 Å². The summed E-state index contributed by atoms with van der Waals surface area (Å²) in [6, 6.07) is 4.84. The first-order chi connectivity index (χ1) is 8.06. The highest BCUT2D eigenvalue weighted by Gasteiger charge is 2.12. The SMILES string of the molecule is CCN(C)CCNC(=O)c1cccc(C)c1F. The van der Waals surface area contributed by atoms with Gasteiger partial charge in [-0.25, -0.2) is 4.39 Å². The molecular formula is C13H19FN2O. The minimum atomic E-state index is -0.436. The zero-order valence-electron chi connectivity index (χ0n) is 10.6. The number of carbonyl (C=O) groups is 1. The van der Waals surface area contributed by atoms with Gasteiger partial charge in [-0.15, -0.1) is 0 Å². The molecule has 94 valence electrons. The van der Waals surface area contributed by atoms with E-state index in [2.05, 4.69) is 10.2 Å². The van der Waals surface area contributed by atoms with E-state index >= 15 is 0 Å². The molecule has 0 unspecified atom stereocenters. The van der Waals surface area contributed by atoms with E-state index in [1.165, 1.54) is 6.07 Å². The Labute approximate surface area is 102 Å². The number of carbonyl (C=O) groups excluding carboxylic acids is 1. The standard InChI is InChI=1S/C13H19FN2O/c1-4-16(3)9-8-15-13(17)11-7-5-6-10(2)12(11)14/h5-7H,4,8-9H2,1-3H3,(H,15,17). The first kappa shape index (κ1) is 13.6. The van der Waals surface area contributed by atoms with E-state index in [1.54, 1.807) is 19.1 Å². The molecule has 1 aromatic carbocycles. The third kappa shape index (κ3) is 3.82. The first-order valence-corrected chi connectivity index (χ1v) is 5.78. The number of rotatable bonds is 5. The molecule has 0 aliphatic carbocycles. The van der Waals surface area contributed by atoms with Crippen LogP contribution in [-0.4, -0.2) is 37.5 Å². The maximum absolute atomic E-state index is 13.6. The predicted octanol–water partition coefficient (Wildman–Crippen LogP) is 1.82. The number of benzene rings is 1. The molecule has 0 spiro atoms. The van der Waals surface area contributed by atoms with Crippen LogP contribution in [0.15, 0.2) is 18.2 Å². The summed E-state index contributed by atoms with van der Waals surface area (Å²) >= 11 is 0. The topological polar surface area (TPSA) is 32.3 Å². The van der Waals surface area contributed by atoms with Gasteiger partial charge < -0.3 is 10.2 Å². The molecule has 1 amide bonds. The van der Waals surface area contributed by atoms with Crippen molar-refractivity contribution in [2.75, 3.05) is 26.7 Å². The second-order valence-corrected chi connectivity index (χ2v) is 4.09. The highest BCUT2D eigenvalue weighted by atomic mass is 19.1. The molecular weight excluding hydrogens is 219 g/mol. The van der Waals surface area contributed by atoms with Crippen molar-refractivity contribution in [1.29, 1.82) is 0 Å². The molecule has 0 aromatic heterocycles. The fourth-order valence-electron chi connectivity index (χ4n) is 1.44. The summed E-state index contributed by atoms with van der Waals surface area (Å²) in [7, 11) is 1.97. The molecule has 17 heavy (non-hydrogen) atoms. The lowest BCUT2D eigenvalue weighted by molar-refractivity contribution is 0.0946. The summed E-state index contributed by atoms with van der Waals surface area (Å²) in [4.78, 5) is 13.8. The summed E-state index contributed by atoms with van der Waals surface area (Å²) in [5.41, 5.74) is 0.604. The second kappa shape index (κ2) is 6.35. The van der Waals surface area contributed by atoms with Crippen molar-refractivity contribution >= 4 is 5.91 Å². The fraction of sp³-hybridized carbons (Fsp3) is 0.462. The third-order valence-corrected chi connectivity index (χ3v) is 2.76. The van der Waals surface area contributed by atoms with Crippen molar-refractivity contribution in [2.45, 2.75) is 13.8 Å². The molecule has 0 saturated carbocycles. The van der Waals surface area contributed by atoms with E-state index in [-0.39, 0.29) is 11.5 Å². The maximum atomic E-state index is 13.6. The lowest BCUT2D eigenvalue weighted by Gasteiger charge is -2.14. The quantitative estimate of drug-likeness (QED) is 0.848. The zero-order chi connectivity index (χ0) is 12.8. The molecule has 0 aliphatic heterocycles. The summed E-state index contributed by atoms with van der Waals surface area (Å²) in [6.45, 7) is 5.90. The molecule has 0 atom stereocenters. The van der Waals surface area contributed by atoms with Crippen LogP contribution in [0.2, 0.25) is 0 Å². The minimum Gasteiger partial charge on any atom is -0.351 e. The smallest absolute Gasteiger partial charge is 0.254 e. The molecule has 3 nitrogen and oxygen atoms in total. The Morgan fingerprint density at radius 2 is 2.18 bits per heavy atom. The molecule has 1 N–H and O–H groups in total. The van der Waals surface area contributed by atoms with E-state index in [4.69, 9.17) is 0 Å². The largest absolute Gasteiger partial charge is 0.351 e. The number of nitrogens with zero attached hydrogens (tertiary/aromatic N) is 1. The number of amides is 1. The number of hydrogen-bond donors (Lipinski definition) is 1. The Kier molecular flexibility index (Phi) is 5.10. The van der Waals surface area contributed by atoms with E-state index in [0.717, 1.165) is 13.1 Å². The second-order valence-electron chi connectivity index (χ2n) is 4.09. The van der Waals surface area contributed by atoms with Gasteiger partial charge in [0.1, 0.15) is 5.82 Å². The molecule has 4 heteroatoms. The Bertz CT molecular complexity index is 393. The Morgan fingerprint density at radius 1 is 1.47 bits per heavy atom. The van der Waals surface area contributed by atoms with Crippen molar-refractivity contribution in [3.63, 3.8) is 0 Å². The van der Waals surface area contributed by atoms with Gasteiger partial charge in [0.05, 0.1) is 5.56 Å². The number of nitrogens with one attached hydrogen (secondary N) is 1. The van der Waals surface area contributed by atoms with E-state index in [9.17, 15) is 9.18 Å². The average Bonchev–Trinajstić information content (AvgIpc) is 2.32.